The Morgan fingerprint density at radius 2 is 2.29 bits per heavy atom. The van der Waals surface area contributed by atoms with E-state index in [0.29, 0.717) is 23.6 Å². The van der Waals surface area contributed by atoms with Gasteiger partial charge >= 0.3 is 0 Å². The van der Waals surface area contributed by atoms with E-state index in [4.69, 9.17) is 10.3 Å². The lowest BCUT2D eigenvalue weighted by molar-refractivity contribution is 0.365. The zero-order chi connectivity index (χ0) is 10.3. The summed E-state index contributed by atoms with van der Waals surface area (Å²) in [7, 11) is 0. The molecule has 4 heteroatoms. The molecule has 0 aromatic carbocycles. The van der Waals surface area contributed by atoms with E-state index in [0.717, 1.165) is 12.2 Å². The molecule has 0 bridgehead atoms. The van der Waals surface area contributed by atoms with Gasteiger partial charge in [-0.25, -0.2) is 0 Å². The summed E-state index contributed by atoms with van der Waals surface area (Å²) in [6, 6.07) is 0.0792. The summed E-state index contributed by atoms with van der Waals surface area (Å²) in [4.78, 5) is 4.35. The van der Waals surface area contributed by atoms with Crippen LogP contribution in [-0.2, 0) is 6.42 Å². The number of nitrogens with two attached hydrogens (primary N) is 1. The van der Waals surface area contributed by atoms with Gasteiger partial charge in [-0.2, -0.15) is 4.98 Å². The number of hydrogen-bond donors (Lipinski definition) is 1. The molecule has 2 unspecified atom stereocenters. The Balaban J connectivity index is 2.04. The van der Waals surface area contributed by atoms with Crippen molar-refractivity contribution >= 4 is 0 Å². The lowest BCUT2D eigenvalue weighted by Crippen LogP contribution is -2.17. The Labute approximate surface area is 83.9 Å². The van der Waals surface area contributed by atoms with Crippen LogP contribution in [0.15, 0.2) is 4.52 Å². The molecule has 0 spiro atoms. The smallest absolute Gasteiger partial charge is 0.228 e. The molecule has 14 heavy (non-hydrogen) atoms. The van der Waals surface area contributed by atoms with Gasteiger partial charge in [0, 0.05) is 18.4 Å². The van der Waals surface area contributed by atoms with Crippen LogP contribution in [0.2, 0.25) is 0 Å². The summed E-state index contributed by atoms with van der Waals surface area (Å²) in [6.45, 7) is 6.38. The Kier molecular flexibility index (Phi) is 2.10. The molecule has 0 amide bonds. The monoisotopic (exact) mass is 195 g/mol. The number of rotatable bonds is 3. The minimum atomic E-state index is 0.0792. The largest absolute Gasteiger partial charge is 0.339 e. The van der Waals surface area contributed by atoms with E-state index in [1.165, 1.54) is 0 Å². The molecule has 2 N–H and O–H groups in total. The molecule has 1 aromatic rings. The Morgan fingerprint density at radius 1 is 1.64 bits per heavy atom. The molecule has 1 heterocycles. The van der Waals surface area contributed by atoms with Gasteiger partial charge in [-0.3, -0.25) is 0 Å². The second-order valence-electron chi connectivity index (χ2n) is 4.97. The average Bonchev–Trinajstić information content (AvgIpc) is 2.52. The van der Waals surface area contributed by atoms with E-state index in [2.05, 4.69) is 24.0 Å². The van der Waals surface area contributed by atoms with E-state index in [1.54, 1.807) is 0 Å². The molecular weight excluding hydrogens is 178 g/mol. The number of hydrogen-bond acceptors (Lipinski definition) is 4. The third-order valence-electron chi connectivity index (χ3n) is 2.81. The molecule has 2 atom stereocenters. The third kappa shape index (κ3) is 1.80. The van der Waals surface area contributed by atoms with Crippen molar-refractivity contribution in [1.29, 1.82) is 0 Å². The standard InChI is InChI=1S/C10H17N3O/c1-6(11)4-8-12-9(13-14-8)7-5-10(7,2)3/h6-7H,4-5,11H2,1-3H3. The van der Waals surface area contributed by atoms with Crippen LogP contribution < -0.4 is 5.73 Å². The highest BCUT2D eigenvalue weighted by Crippen LogP contribution is 2.57. The highest BCUT2D eigenvalue weighted by atomic mass is 16.5. The normalized spacial score (nSPS) is 26.1. The van der Waals surface area contributed by atoms with Crippen molar-refractivity contribution in [3.63, 3.8) is 0 Å². The van der Waals surface area contributed by atoms with Crippen molar-refractivity contribution in [3.8, 4) is 0 Å². The van der Waals surface area contributed by atoms with Gasteiger partial charge in [0.05, 0.1) is 0 Å². The highest BCUT2D eigenvalue weighted by molar-refractivity contribution is 5.14. The first-order chi connectivity index (χ1) is 6.49. The fraction of sp³-hybridized carbons (Fsp3) is 0.800. The van der Waals surface area contributed by atoms with Gasteiger partial charge in [0.1, 0.15) is 0 Å². The summed E-state index contributed by atoms with van der Waals surface area (Å²) in [5.74, 6) is 2.00. The van der Waals surface area contributed by atoms with Crippen LogP contribution >= 0.6 is 0 Å². The minimum absolute atomic E-state index is 0.0792. The summed E-state index contributed by atoms with van der Waals surface area (Å²) < 4.78 is 5.13. The molecule has 0 radical (unpaired) electrons. The molecule has 78 valence electrons. The maximum absolute atomic E-state index is 5.65. The van der Waals surface area contributed by atoms with E-state index in [-0.39, 0.29) is 6.04 Å². The average molecular weight is 195 g/mol. The fourth-order valence-electron chi connectivity index (χ4n) is 1.68. The summed E-state index contributed by atoms with van der Waals surface area (Å²) in [5.41, 5.74) is 6.01. The van der Waals surface area contributed by atoms with Crippen LogP contribution in [0.3, 0.4) is 0 Å². The Bertz CT molecular complexity index is 330. The van der Waals surface area contributed by atoms with Crippen molar-refractivity contribution in [2.24, 2.45) is 11.1 Å². The first-order valence-corrected chi connectivity index (χ1v) is 5.07. The van der Waals surface area contributed by atoms with Crippen LogP contribution in [0, 0.1) is 5.41 Å². The second kappa shape index (κ2) is 3.05. The topological polar surface area (TPSA) is 64.9 Å². The SMILES string of the molecule is CC(N)Cc1nc(C2CC2(C)C)no1. The van der Waals surface area contributed by atoms with E-state index < -0.39 is 0 Å². The molecule has 1 aliphatic carbocycles. The molecule has 1 aliphatic rings. The molecule has 1 fully saturated rings. The van der Waals surface area contributed by atoms with Gasteiger partial charge in [-0.15, -0.1) is 0 Å². The molecule has 4 nitrogen and oxygen atoms in total. The van der Waals surface area contributed by atoms with Gasteiger partial charge in [-0.05, 0) is 18.8 Å². The van der Waals surface area contributed by atoms with Gasteiger partial charge in [0.25, 0.3) is 0 Å². The van der Waals surface area contributed by atoms with Gasteiger partial charge in [0.15, 0.2) is 5.82 Å². The van der Waals surface area contributed by atoms with Crippen molar-refractivity contribution < 1.29 is 4.52 Å². The molecule has 2 rings (SSSR count). The maximum Gasteiger partial charge on any atom is 0.228 e. The van der Waals surface area contributed by atoms with Crippen LogP contribution in [0.25, 0.3) is 0 Å². The number of aromatic nitrogens is 2. The maximum atomic E-state index is 5.65. The highest BCUT2D eigenvalue weighted by Gasteiger charge is 2.49. The summed E-state index contributed by atoms with van der Waals surface area (Å²) in [6.07, 6.45) is 1.82. The molecular formula is C10H17N3O. The summed E-state index contributed by atoms with van der Waals surface area (Å²) >= 11 is 0. The minimum Gasteiger partial charge on any atom is -0.339 e. The van der Waals surface area contributed by atoms with Crippen molar-refractivity contribution in [1.82, 2.24) is 10.1 Å². The Morgan fingerprint density at radius 3 is 2.79 bits per heavy atom. The van der Waals surface area contributed by atoms with Gasteiger partial charge in [0.2, 0.25) is 5.89 Å². The van der Waals surface area contributed by atoms with Gasteiger partial charge in [-0.1, -0.05) is 19.0 Å². The second-order valence-corrected chi connectivity index (χ2v) is 4.97. The summed E-state index contributed by atoms with van der Waals surface area (Å²) in [5, 5.41) is 3.99. The van der Waals surface area contributed by atoms with Crippen molar-refractivity contribution in [3.05, 3.63) is 11.7 Å². The van der Waals surface area contributed by atoms with E-state index in [9.17, 15) is 0 Å². The predicted molar refractivity (Wildman–Crippen MR) is 52.8 cm³/mol. The first-order valence-electron chi connectivity index (χ1n) is 5.07. The molecule has 0 aliphatic heterocycles. The van der Waals surface area contributed by atoms with Crippen molar-refractivity contribution in [2.45, 2.75) is 45.6 Å². The first kappa shape index (κ1) is 9.65. The number of nitrogens with zero attached hydrogens (tertiary/aromatic N) is 2. The molecule has 1 saturated carbocycles. The third-order valence-corrected chi connectivity index (χ3v) is 2.81. The lowest BCUT2D eigenvalue weighted by atomic mass is 10.1. The quantitative estimate of drug-likeness (QED) is 0.793. The van der Waals surface area contributed by atoms with Crippen LogP contribution in [-0.4, -0.2) is 16.2 Å². The van der Waals surface area contributed by atoms with Crippen LogP contribution in [0.4, 0.5) is 0 Å². The fourth-order valence-corrected chi connectivity index (χ4v) is 1.68. The zero-order valence-corrected chi connectivity index (χ0v) is 8.95. The van der Waals surface area contributed by atoms with E-state index >= 15 is 0 Å². The van der Waals surface area contributed by atoms with E-state index in [1.807, 2.05) is 6.92 Å². The molecule has 0 saturated heterocycles. The Hall–Kier alpha value is -0.900. The zero-order valence-electron chi connectivity index (χ0n) is 8.95. The van der Waals surface area contributed by atoms with Crippen LogP contribution in [0.1, 0.15) is 44.8 Å². The van der Waals surface area contributed by atoms with Crippen LogP contribution in [0.5, 0.6) is 0 Å². The van der Waals surface area contributed by atoms with Crippen molar-refractivity contribution in [2.75, 3.05) is 0 Å². The van der Waals surface area contributed by atoms with Gasteiger partial charge < -0.3 is 10.3 Å². The lowest BCUT2D eigenvalue weighted by Gasteiger charge is -1.97. The predicted octanol–water partition coefficient (Wildman–Crippen LogP) is 1.47. The molecule has 1 aromatic heterocycles.